The topological polar surface area (TPSA) is 44.8 Å². The highest BCUT2D eigenvalue weighted by Crippen LogP contribution is 2.42. The SMILES string of the molecule is C#CCOc1cc(OC)c2c(c1)OC(c1ccccc1)CC2=O. The highest BCUT2D eigenvalue weighted by atomic mass is 16.5. The minimum absolute atomic E-state index is 0.0135. The smallest absolute Gasteiger partial charge is 0.174 e. The Hall–Kier alpha value is -2.93. The van der Waals surface area contributed by atoms with Crippen molar-refractivity contribution in [2.45, 2.75) is 12.5 Å². The van der Waals surface area contributed by atoms with Crippen LogP contribution in [0.25, 0.3) is 0 Å². The fourth-order valence-electron chi connectivity index (χ4n) is 2.62. The lowest BCUT2D eigenvalue weighted by molar-refractivity contribution is 0.0844. The summed E-state index contributed by atoms with van der Waals surface area (Å²) in [6.45, 7) is 0.137. The van der Waals surface area contributed by atoms with Gasteiger partial charge in [-0.05, 0) is 5.56 Å². The van der Waals surface area contributed by atoms with Crippen LogP contribution in [0.15, 0.2) is 42.5 Å². The maximum absolute atomic E-state index is 12.5. The van der Waals surface area contributed by atoms with Gasteiger partial charge in [-0.25, -0.2) is 0 Å². The minimum atomic E-state index is -0.316. The molecule has 3 rings (SSSR count). The third-order valence-corrected chi connectivity index (χ3v) is 3.67. The summed E-state index contributed by atoms with van der Waals surface area (Å²) in [7, 11) is 1.51. The van der Waals surface area contributed by atoms with E-state index in [1.165, 1.54) is 7.11 Å². The predicted octanol–water partition coefficient (Wildman–Crippen LogP) is 3.41. The largest absolute Gasteiger partial charge is 0.496 e. The normalized spacial score (nSPS) is 16.0. The quantitative estimate of drug-likeness (QED) is 0.812. The Labute approximate surface area is 135 Å². The Morgan fingerprint density at radius 1 is 1.30 bits per heavy atom. The predicted molar refractivity (Wildman–Crippen MR) is 86.1 cm³/mol. The van der Waals surface area contributed by atoms with Crippen LogP contribution in [0.2, 0.25) is 0 Å². The van der Waals surface area contributed by atoms with Gasteiger partial charge in [0.25, 0.3) is 0 Å². The second-order valence-electron chi connectivity index (χ2n) is 5.14. The molecular weight excluding hydrogens is 292 g/mol. The van der Waals surface area contributed by atoms with E-state index in [4.69, 9.17) is 20.6 Å². The van der Waals surface area contributed by atoms with Crippen LogP contribution in [-0.2, 0) is 0 Å². The number of carbonyl (C=O) groups is 1. The number of terminal acetylenes is 1. The molecule has 1 heterocycles. The summed E-state index contributed by atoms with van der Waals surface area (Å²) in [6.07, 6.45) is 5.17. The fraction of sp³-hybridized carbons (Fsp3) is 0.211. The molecule has 0 aromatic heterocycles. The van der Waals surface area contributed by atoms with Gasteiger partial charge in [0.05, 0.1) is 13.5 Å². The maximum atomic E-state index is 12.5. The highest BCUT2D eigenvalue weighted by molar-refractivity contribution is 6.02. The lowest BCUT2D eigenvalue weighted by Crippen LogP contribution is -2.21. The van der Waals surface area contributed by atoms with Crippen LogP contribution in [0.3, 0.4) is 0 Å². The molecule has 0 radical (unpaired) electrons. The molecule has 0 fully saturated rings. The molecule has 0 bridgehead atoms. The van der Waals surface area contributed by atoms with Gasteiger partial charge in [0.15, 0.2) is 5.78 Å². The maximum Gasteiger partial charge on any atom is 0.174 e. The van der Waals surface area contributed by atoms with E-state index in [0.717, 1.165) is 5.56 Å². The standard InChI is InChI=1S/C19H16O4/c1-3-9-22-14-10-17(21-2)19-15(20)12-16(23-18(19)11-14)13-7-5-4-6-8-13/h1,4-8,10-11,16H,9,12H2,2H3. The molecule has 116 valence electrons. The third kappa shape index (κ3) is 3.00. The van der Waals surface area contributed by atoms with Crippen LogP contribution >= 0.6 is 0 Å². The Bertz CT molecular complexity index is 759. The van der Waals surface area contributed by atoms with Crippen molar-refractivity contribution in [3.63, 3.8) is 0 Å². The van der Waals surface area contributed by atoms with E-state index in [-0.39, 0.29) is 24.9 Å². The van der Waals surface area contributed by atoms with Crippen LogP contribution in [0.4, 0.5) is 0 Å². The second kappa shape index (κ2) is 6.45. The van der Waals surface area contributed by atoms with Gasteiger partial charge >= 0.3 is 0 Å². The van der Waals surface area contributed by atoms with Crippen LogP contribution in [-0.4, -0.2) is 19.5 Å². The molecule has 0 N–H and O–H groups in total. The van der Waals surface area contributed by atoms with Gasteiger partial charge in [-0.3, -0.25) is 4.79 Å². The number of rotatable bonds is 4. The zero-order valence-electron chi connectivity index (χ0n) is 12.7. The van der Waals surface area contributed by atoms with Crippen molar-refractivity contribution in [2.24, 2.45) is 0 Å². The number of fused-ring (bicyclic) bond motifs is 1. The molecule has 2 aromatic rings. The third-order valence-electron chi connectivity index (χ3n) is 3.67. The van der Waals surface area contributed by atoms with Gasteiger partial charge in [0.1, 0.15) is 35.5 Å². The summed E-state index contributed by atoms with van der Waals surface area (Å²) in [4.78, 5) is 12.5. The Morgan fingerprint density at radius 3 is 2.78 bits per heavy atom. The van der Waals surface area contributed by atoms with Crippen LogP contribution < -0.4 is 14.2 Å². The van der Waals surface area contributed by atoms with Gasteiger partial charge in [0.2, 0.25) is 0 Å². The molecule has 0 saturated heterocycles. The first-order chi connectivity index (χ1) is 11.2. The van der Waals surface area contributed by atoms with E-state index in [1.807, 2.05) is 30.3 Å². The van der Waals surface area contributed by atoms with E-state index in [1.54, 1.807) is 12.1 Å². The molecule has 1 atom stereocenters. The first-order valence-corrected chi connectivity index (χ1v) is 7.26. The number of hydrogen-bond donors (Lipinski definition) is 0. The zero-order valence-corrected chi connectivity index (χ0v) is 12.7. The summed E-state index contributed by atoms with van der Waals surface area (Å²) in [5.41, 5.74) is 1.41. The number of Topliss-reactive ketones (excluding diaryl/α,β-unsaturated/α-hetero) is 1. The molecular formula is C19H16O4. The number of hydrogen-bond acceptors (Lipinski definition) is 4. The molecule has 1 unspecified atom stereocenters. The number of carbonyl (C=O) groups excluding carboxylic acids is 1. The van der Waals surface area contributed by atoms with E-state index in [2.05, 4.69) is 5.92 Å². The first kappa shape index (κ1) is 15.0. The average molecular weight is 308 g/mol. The van der Waals surface area contributed by atoms with Crippen molar-refractivity contribution in [1.29, 1.82) is 0 Å². The van der Waals surface area contributed by atoms with Gasteiger partial charge in [-0.1, -0.05) is 36.3 Å². The Kier molecular flexibility index (Phi) is 4.20. The lowest BCUT2D eigenvalue weighted by Gasteiger charge is -2.27. The summed E-state index contributed by atoms with van der Waals surface area (Å²) in [6, 6.07) is 13.0. The summed E-state index contributed by atoms with van der Waals surface area (Å²) < 4.78 is 16.8. The van der Waals surface area contributed by atoms with E-state index in [9.17, 15) is 4.79 Å². The molecule has 0 aliphatic carbocycles. The van der Waals surface area contributed by atoms with E-state index in [0.29, 0.717) is 22.8 Å². The molecule has 4 heteroatoms. The molecule has 1 aliphatic heterocycles. The Balaban J connectivity index is 1.98. The van der Waals surface area contributed by atoms with Crippen molar-refractivity contribution in [3.05, 3.63) is 53.6 Å². The lowest BCUT2D eigenvalue weighted by atomic mass is 9.95. The van der Waals surface area contributed by atoms with Crippen molar-refractivity contribution < 1.29 is 19.0 Å². The highest BCUT2D eigenvalue weighted by Gasteiger charge is 2.31. The molecule has 23 heavy (non-hydrogen) atoms. The van der Waals surface area contributed by atoms with Gasteiger partial charge in [0, 0.05) is 12.1 Å². The first-order valence-electron chi connectivity index (χ1n) is 7.26. The fourth-order valence-corrected chi connectivity index (χ4v) is 2.62. The van der Waals surface area contributed by atoms with Crippen molar-refractivity contribution in [1.82, 2.24) is 0 Å². The van der Waals surface area contributed by atoms with Crippen LogP contribution in [0, 0.1) is 12.3 Å². The average Bonchev–Trinajstić information content (AvgIpc) is 2.59. The van der Waals surface area contributed by atoms with Crippen molar-refractivity contribution in [3.8, 4) is 29.6 Å². The number of ketones is 1. The van der Waals surface area contributed by atoms with Crippen LogP contribution in [0.1, 0.15) is 28.4 Å². The Morgan fingerprint density at radius 2 is 2.09 bits per heavy atom. The summed E-state index contributed by atoms with van der Waals surface area (Å²) in [5, 5.41) is 0. The molecule has 1 aliphatic rings. The van der Waals surface area contributed by atoms with E-state index >= 15 is 0 Å². The molecule has 2 aromatic carbocycles. The van der Waals surface area contributed by atoms with Gasteiger partial charge < -0.3 is 14.2 Å². The van der Waals surface area contributed by atoms with E-state index < -0.39 is 0 Å². The molecule has 0 spiro atoms. The number of methoxy groups -OCH3 is 1. The van der Waals surface area contributed by atoms with Gasteiger partial charge in [-0.15, -0.1) is 6.42 Å². The number of benzene rings is 2. The summed E-state index contributed by atoms with van der Waals surface area (Å²) in [5.74, 6) is 3.80. The monoisotopic (exact) mass is 308 g/mol. The number of ether oxygens (including phenoxy) is 3. The molecule has 4 nitrogen and oxygen atoms in total. The zero-order chi connectivity index (χ0) is 16.2. The minimum Gasteiger partial charge on any atom is -0.496 e. The molecule has 0 amide bonds. The molecule has 0 saturated carbocycles. The van der Waals surface area contributed by atoms with Gasteiger partial charge in [-0.2, -0.15) is 0 Å². The van der Waals surface area contributed by atoms with Crippen molar-refractivity contribution in [2.75, 3.05) is 13.7 Å². The van der Waals surface area contributed by atoms with Crippen molar-refractivity contribution >= 4 is 5.78 Å². The second-order valence-corrected chi connectivity index (χ2v) is 5.14. The summed E-state index contributed by atoms with van der Waals surface area (Å²) >= 11 is 0. The van der Waals surface area contributed by atoms with Crippen LogP contribution in [0.5, 0.6) is 17.2 Å².